The molecule has 4 aliphatic rings. The first-order chi connectivity index (χ1) is 62.4. The Labute approximate surface area is 842 Å². The molecule has 2 saturated carbocycles. The van der Waals surface area contributed by atoms with Crippen LogP contribution in [-0.4, -0.2) is 350 Å². The van der Waals surface area contributed by atoms with Crippen molar-refractivity contribution in [2.75, 3.05) is 186 Å². The Kier molecular flexibility index (Phi) is 102. The van der Waals surface area contributed by atoms with Crippen LogP contribution in [0.5, 0.6) is 0 Å². The maximum Gasteiger partial charge on any atom is 1.00 e. The number of ether oxygens (including phenoxy) is 4. The SMILES string of the molecule is CCCCC[B]N=CC(SCCNC)C(C=NC)SCCNC(=O)CCOCCC(C)=O.CN.CNCCSC(C=O)C(C=O)SCCNC(=O)CCOCCC(C)=O.CNCCSC1CCC1SCCNC(=O)CCOCCC(C)=O.NCCSC1CCC1SCCN.O=C(CCOCCC(=O)ON1C(=O)CCC1=O)ON1C(=O)CCC1=O.[B]CCCCC.[Na+].[O-][I+3]([O-])([O-])[O-]. The molecular formula is C82H150B2IN13NaO24S8. The molecule has 7 amide bonds. The van der Waals surface area contributed by atoms with Crippen LogP contribution in [0.4, 0.5) is 0 Å². The molecule has 0 bridgehead atoms. The molecule has 0 spiro atoms. The number of carbonyl (C=O) groups is 14. The number of nitrogens with one attached hydrogen (secondary N) is 6. The van der Waals surface area contributed by atoms with Gasteiger partial charge in [-0.2, -0.15) is 47.0 Å². The van der Waals surface area contributed by atoms with Crippen LogP contribution in [0.25, 0.3) is 0 Å². The smallest absolute Gasteiger partial charge is 0.380 e. The van der Waals surface area contributed by atoms with E-state index in [0.29, 0.717) is 94.1 Å². The van der Waals surface area contributed by atoms with Crippen LogP contribution in [0.2, 0.25) is 12.6 Å². The number of aldehydes is 2. The minimum atomic E-state index is -5.94. The number of nitrogens with two attached hydrogens (primary N) is 3. The van der Waals surface area contributed by atoms with Gasteiger partial charge in [-0.1, -0.05) is 65.0 Å². The number of aliphatic imine (C=N–C) groups is 1. The van der Waals surface area contributed by atoms with Gasteiger partial charge in [-0.05, 0) is 80.9 Å². The van der Waals surface area contributed by atoms with E-state index in [1.165, 1.54) is 114 Å². The number of ketones is 3. The predicted octanol–water partition coefficient (Wildman–Crippen LogP) is -4.59. The van der Waals surface area contributed by atoms with Gasteiger partial charge in [0.2, 0.25) is 17.7 Å². The minimum Gasteiger partial charge on any atom is -0.380 e. The molecule has 3 radical (unpaired) electrons. The molecule has 8 atom stereocenters. The summed E-state index contributed by atoms with van der Waals surface area (Å²) in [7, 11) is 16.3. The van der Waals surface area contributed by atoms with Gasteiger partial charge in [0.05, 0.1) is 94.5 Å². The molecular weight excluding hydrogens is 1980 g/mol. The van der Waals surface area contributed by atoms with Crippen molar-refractivity contribution in [3.05, 3.63) is 0 Å². The van der Waals surface area contributed by atoms with E-state index in [0.717, 1.165) is 120 Å². The van der Waals surface area contributed by atoms with Gasteiger partial charge < -0.3 is 92.2 Å². The van der Waals surface area contributed by atoms with Crippen LogP contribution in [0.3, 0.4) is 0 Å². The summed E-state index contributed by atoms with van der Waals surface area (Å²) in [6.07, 6.45) is 22.0. The van der Waals surface area contributed by atoms with Crippen LogP contribution < -0.4 is 112 Å². The van der Waals surface area contributed by atoms with Gasteiger partial charge in [-0.25, -0.2) is 9.59 Å². The Hall–Kier alpha value is -2.58. The first-order valence-corrected chi connectivity index (χ1v) is 55.9. The van der Waals surface area contributed by atoms with E-state index >= 15 is 0 Å². The van der Waals surface area contributed by atoms with Crippen molar-refractivity contribution in [1.82, 2.24) is 42.0 Å². The van der Waals surface area contributed by atoms with Gasteiger partial charge in [-0.3, -0.25) is 66.7 Å². The first-order valence-electron chi connectivity index (χ1n) is 44.0. The molecule has 12 N–H and O–H groups in total. The van der Waals surface area contributed by atoms with Crippen molar-refractivity contribution in [2.45, 2.75) is 231 Å². The summed E-state index contributed by atoms with van der Waals surface area (Å²) in [5.41, 5.74) is 15.4. The van der Waals surface area contributed by atoms with E-state index in [1.807, 2.05) is 88.0 Å². The van der Waals surface area contributed by atoms with E-state index in [4.69, 9.17) is 52.0 Å². The molecule has 0 aromatic heterocycles. The molecule has 2 aliphatic heterocycles. The third-order valence-electron chi connectivity index (χ3n) is 17.2. The fraction of sp³-hybridized carbons (Fsp3) is 0.805. The molecule has 0 aromatic rings. The van der Waals surface area contributed by atoms with Gasteiger partial charge in [-0.15, -0.1) is 57.2 Å². The van der Waals surface area contributed by atoms with Gasteiger partial charge in [0.15, 0.2) is 0 Å². The number of Topliss-reactive ketones (excluding diaryl/α,β-unsaturated/α-hetero) is 3. The normalized spacial score (nSPS) is 16.2. The summed E-state index contributed by atoms with van der Waals surface area (Å²) in [5.74, 6) is 3.68. The van der Waals surface area contributed by atoms with E-state index in [1.54, 1.807) is 25.7 Å². The quantitative estimate of drug-likeness (QED) is 0.00691. The number of thioether (sulfide) groups is 8. The van der Waals surface area contributed by atoms with Crippen LogP contribution in [0.15, 0.2) is 9.90 Å². The number of carbonyl (C=O) groups excluding carboxylic acids is 14. The van der Waals surface area contributed by atoms with Gasteiger partial charge >= 0.3 is 41.5 Å². The molecule has 2 aliphatic carbocycles. The van der Waals surface area contributed by atoms with Crippen molar-refractivity contribution in [3.8, 4) is 0 Å². The van der Waals surface area contributed by atoms with Crippen molar-refractivity contribution >= 4 is 205 Å². The van der Waals surface area contributed by atoms with Crippen molar-refractivity contribution in [3.63, 3.8) is 0 Å². The maximum absolute atomic E-state index is 11.9. The Morgan fingerprint density at radius 2 is 0.756 bits per heavy atom. The second-order valence-electron chi connectivity index (χ2n) is 28.2. The number of hydrogen-bond acceptors (Lipinski definition) is 40. The number of rotatable bonds is 70. The third kappa shape index (κ3) is 87.4. The topological polar surface area (TPSA) is 568 Å². The maximum atomic E-state index is 11.9. The van der Waals surface area contributed by atoms with Crippen molar-refractivity contribution < 1.29 is 159 Å². The Balaban J connectivity index is -0.000000495. The molecule has 4 rings (SSSR count). The number of halogens is 1. The molecule has 0 aromatic carbocycles. The molecule has 2 heterocycles. The fourth-order valence-corrected chi connectivity index (χ4v) is 20.3. The average Bonchev–Trinajstić information content (AvgIpc) is 1.46. The molecule has 749 valence electrons. The van der Waals surface area contributed by atoms with Crippen molar-refractivity contribution in [2.24, 2.45) is 27.1 Å². The van der Waals surface area contributed by atoms with Gasteiger partial charge in [0, 0.05) is 197 Å². The van der Waals surface area contributed by atoms with Crippen LogP contribution in [-0.2, 0) is 95.7 Å². The summed E-state index contributed by atoms with van der Waals surface area (Å²) in [5, 5.41) is 21.8. The molecule has 131 heavy (non-hydrogen) atoms. The van der Waals surface area contributed by atoms with Crippen molar-refractivity contribution in [1.29, 1.82) is 0 Å². The number of hydroxylamine groups is 4. The number of nitrogens with zero attached hydrogens (tertiary/aromatic N) is 4. The molecule has 8 unspecified atom stereocenters. The Bertz CT molecular complexity index is 2970. The number of imide groups is 2. The van der Waals surface area contributed by atoms with Crippen LogP contribution in [0.1, 0.15) is 176 Å². The van der Waals surface area contributed by atoms with Crippen LogP contribution >= 0.6 is 94.1 Å². The number of hydrogen-bond donors (Lipinski definition) is 9. The average molecular weight is 2130 g/mol. The summed E-state index contributed by atoms with van der Waals surface area (Å²) >= 11 is 8.65. The predicted molar refractivity (Wildman–Crippen MR) is 519 cm³/mol. The largest absolute Gasteiger partial charge is 1.00 e. The standard InChI is InChI=1S/C22H42BN4O3S2.C16H28N2O5S2.C16H30N2O3S2.C14H16N2O9.C8H18N2S2.C5H11B.CH5N.IO4.Na/c1-5-6-7-10-23-27-18-21(31-15-11-24-3)20(17-25-4)32-16-12-26-22(29)9-14-30-13-8-19(2)28;1-13(21)3-7-23-8-4-16(22)18-6-10-25-15(12-20)14(11-19)24-9-5-17-2;1-13(19)5-9-21-10-6-16(20)18-8-12-23-15-4-3-14(15)22-11-7-17-2;17-9-1-2-10(18)15(9)24-13(21)5-7-23-8-6-14(22)25-16-11(19)3-4-12(16)20;9-3-5-11-7-1-2-8(7)12-6-4-10;1-2-3-4-5-6;1-2;2-1(3,4)5;/h17-18,20-21,24H,5-16H2,1-4H3,(H,26,29);11-12,14-15,17H,3-10H2,1-2H3,(H,18,22);14-15,17H,3-12H2,1-2H3,(H,18,20);1-8H2;7-8H,1-6,9-10H2;2-5H2,1H3;2H2,1H3;;/q;;;;;;;-1;+1. The Morgan fingerprint density at radius 1 is 0.466 bits per heavy atom. The van der Waals surface area contributed by atoms with Gasteiger partial charge in [0.1, 0.15) is 50.0 Å². The zero-order chi connectivity index (χ0) is 98.2. The van der Waals surface area contributed by atoms with E-state index in [9.17, 15) is 67.1 Å². The number of unbranched alkanes of at least 4 members (excludes halogenated alkanes) is 4. The molecule has 37 nitrogen and oxygen atoms in total. The second kappa shape index (κ2) is 97.6. The minimum absolute atomic E-state index is 0. The zero-order valence-electron chi connectivity index (χ0n) is 79.0. The summed E-state index contributed by atoms with van der Waals surface area (Å²) < 4.78 is 55.3. The van der Waals surface area contributed by atoms with Crippen LogP contribution in [0, 0.1) is 0 Å². The van der Waals surface area contributed by atoms with Gasteiger partial charge in [0.25, 0.3) is 31.0 Å². The number of amides is 7. The monoisotopic (exact) mass is 2130 g/mol. The summed E-state index contributed by atoms with van der Waals surface area (Å²) in [6.45, 7) is 17.0. The summed E-state index contributed by atoms with van der Waals surface area (Å²) in [6, 6.07) is 0. The summed E-state index contributed by atoms with van der Waals surface area (Å²) in [4.78, 5) is 176. The molecule has 2 saturated heterocycles. The van der Waals surface area contributed by atoms with E-state index < -0.39 is 60.9 Å². The van der Waals surface area contributed by atoms with E-state index in [-0.39, 0.29) is 145 Å². The molecule has 4 fully saturated rings. The second-order valence-corrected chi connectivity index (χ2v) is 40.9. The Morgan fingerprint density at radius 3 is 1.05 bits per heavy atom. The fourth-order valence-electron chi connectivity index (χ4n) is 10.0. The third-order valence-corrected chi connectivity index (χ3v) is 28.7. The van der Waals surface area contributed by atoms with E-state index in [2.05, 4.69) is 82.8 Å². The zero-order valence-corrected chi connectivity index (χ0v) is 89.7. The molecule has 49 heteroatoms. The first kappa shape index (κ1) is 137.